The number of anilines is 3. The summed E-state index contributed by atoms with van der Waals surface area (Å²) < 4.78 is 60.8. The van der Waals surface area contributed by atoms with Gasteiger partial charge in [-0.2, -0.15) is 0 Å². The Bertz CT molecular complexity index is 1580. The standard InChI is InChI=1S/C28H33ClF2N6O4S/c1-18-16-22(37-12-8-28(30,31)9-13-37)32-24(23(18)29)26-34-33-25(41-26)20-3-2-19(35-42(39,40)15-14-38)17-21(20)36-10-6-27(4-5-27)7-11-36/h2-3,16-17,35,38H,4-15H2,1H3. The molecule has 2 N–H and O–H groups in total. The maximum Gasteiger partial charge on any atom is 0.268 e. The number of aromatic nitrogens is 3. The normalized spacial score (nSPS) is 19.7. The van der Waals surface area contributed by atoms with Crippen LogP contribution in [0.4, 0.5) is 26.0 Å². The minimum Gasteiger partial charge on any atom is -0.414 e. The second kappa shape index (κ2) is 10.9. The predicted octanol–water partition coefficient (Wildman–Crippen LogP) is 5.11. The highest BCUT2D eigenvalue weighted by Crippen LogP contribution is 2.54. The van der Waals surface area contributed by atoms with Crippen LogP contribution in [0.25, 0.3) is 23.0 Å². The monoisotopic (exact) mass is 622 g/mol. The van der Waals surface area contributed by atoms with Gasteiger partial charge in [0.15, 0.2) is 0 Å². The van der Waals surface area contributed by atoms with Crippen LogP contribution in [-0.4, -0.2) is 73.2 Å². The fourth-order valence-electron chi connectivity index (χ4n) is 5.72. The lowest BCUT2D eigenvalue weighted by Crippen LogP contribution is -2.39. The Hall–Kier alpha value is -3.03. The van der Waals surface area contributed by atoms with E-state index in [9.17, 15) is 17.2 Å². The number of aryl methyl sites for hydroxylation is 1. The van der Waals surface area contributed by atoms with Gasteiger partial charge in [-0.1, -0.05) is 11.6 Å². The van der Waals surface area contributed by atoms with E-state index in [1.54, 1.807) is 29.2 Å². The van der Waals surface area contributed by atoms with Gasteiger partial charge in [-0.05, 0) is 67.9 Å². The first-order valence-electron chi connectivity index (χ1n) is 14.1. The van der Waals surface area contributed by atoms with Gasteiger partial charge in [0.1, 0.15) is 11.5 Å². The van der Waals surface area contributed by atoms with E-state index in [4.69, 9.17) is 21.1 Å². The van der Waals surface area contributed by atoms with Crippen LogP contribution >= 0.6 is 11.6 Å². The Balaban J connectivity index is 1.33. The van der Waals surface area contributed by atoms with Crippen LogP contribution < -0.4 is 14.5 Å². The molecule has 42 heavy (non-hydrogen) atoms. The third-order valence-corrected chi connectivity index (χ3v) is 10.3. The number of hydrogen-bond acceptors (Lipinski definition) is 9. The molecule has 226 valence electrons. The van der Waals surface area contributed by atoms with Crippen LogP contribution in [0.5, 0.6) is 0 Å². The number of benzene rings is 1. The summed E-state index contributed by atoms with van der Waals surface area (Å²) in [5.74, 6) is -2.26. The molecule has 2 aliphatic heterocycles. The van der Waals surface area contributed by atoms with E-state index in [1.807, 2.05) is 6.92 Å². The van der Waals surface area contributed by atoms with Crippen molar-refractivity contribution in [1.29, 1.82) is 0 Å². The molecule has 0 unspecified atom stereocenters. The fraction of sp³-hybridized carbons (Fsp3) is 0.536. The smallest absolute Gasteiger partial charge is 0.268 e. The van der Waals surface area contributed by atoms with Crippen molar-refractivity contribution in [3.63, 3.8) is 0 Å². The third-order valence-electron chi connectivity index (χ3n) is 8.56. The zero-order chi connectivity index (χ0) is 29.7. The van der Waals surface area contributed by atoms with Gasteiger partial charge in [-0.15, -0.1) is 10.2 Å². The van der Waals surface area contributed by atoms with Crippen molar-refractivity contribution in [3.05, 3.63) is 34.9 Å². The molecule has 2 saturated heterocycles. The number of nitrogens with zero attached hydrogens (tertiary/aromatic N) is 5. The number of alkyl halides is 2. The highest BCUT2D eigenvalue weighted by molar-refractivity contribution is 7.92. The molecule has 0 atom stereocenters. The molecule has 1 aromatic carbocycles. The first kappa shape index (κ1) is 29.1. The Kier molecular flexibility index (Phi) is 7.55. The Morgan fingerprint density at radius 2 is 1.67 bits per heavy atom. The van der Waals surface area contributed by atoms with Gasteiger partial charge in [-0.3, -0.25) is 4.72 Å². The van der Waals surface area contributed by atoms with Crippen LogP contribution in [0.15, 0.2) is 28.7 Å². The van der Waals surface area contributed by atoms with Crippen molar-refractivity contribution in [1.82, 2.24) is 15.2 Å². The average Bonchev–Trinajstić information content (AvgIpc) is 3.51. The number of hydrogen-bond donors (Lipinski definition) is 2. The van der Waals surface area contributed by atoms with E-state index >= 15 is 0 Å². The number of halogens is 3. The first-order chi connectivity index (χ1) is 20.0. The molecular weight excluding hydrogens is 590 g/mol. The quantitative estimate of drug-likeness (QED) is 0.353. The summed E-state index contributed by atoms with van der Waals surface area (Å²) in [6.07, 6.45) is 4.10. The minimum absolute atomic E-state index is 0.0940. The molecular formula is C28H33ClF2N6O4S. The van der Waals surface area contributed by atoms with E-state index in [0.29, 0.717) is 33.1 Å². The molecule has 0 bridgehead atoms. The lowest BCUT2D eigenvalue weighted by atomic mass is 9.93. The van der Waals surface area contributed by atoms with E-state index in [1.165, 1.54) is 12.8 Å². The number of aliphatic hydroxyl groups is 1. The summed E-state index contributed by atoms with van der Waals surface area (Å²) in [4.78, 5) is 8.64. The van der Waals surface area contributed by atoms with Crippen LogP contribution in [0.3, 0.4) is 0 Å². The van der Waals surface area contributed by atoms with Crippen molar-refractivity contribution in [2.45, 2.75) is 51.4 Å². The molecule has 3 aromatic rings. The van der Waals surface area contributed by atoms with E-state index in [-0.39, 0.29) is 43.4 Å². The molecule has 14 heteroatoms. The lowest BCUT2D eigenvalue weighted by molar-refractivity contribution is -0.0221. The molecule has 1 saturated carbocycles. The Labute approximate surface area is 248 Å². The zero-order valence-electron chi connectivity index (χ0n) is 23.2. The highest BCUT2D eigenvalue weighted by atomic mass is 35.5. The minimum atomic E-state index is -3.72. The molecule has 4 heterocycles. The van der Waals surface area contributed by atoms with Crippen LogP contribution in [0, 0.1) is 12.3 Å². The summed E-state index contributed by atoms with van der Waals surface area (Å²) in [6, 6.07) is 6.87. The second-order valence-electron chi connectivity index (χ2n) is 11.6. The maximum atomic E-state index is 13.7. The molecule has 10 nitrogen and oxygen atoms in total. The molecule has 2 aromatic heterocycles. The van der Waals surface area contributed by atoms with Crippen LogP contribution in [-0.2, 0) is 10.0 Å². The third kappa shape index (κ3) is 6.04. The van der Waals surface area contributed by atoms with Gasteiger partial charge < -0.3 is 19.3 Å². The predicted molar refractivity (Wildman–Crippen MR) is 157 cm³/mol. The molecule has 0 radical (unpaired) electrons. The van der Waals surface area contributed by atoms with E-state index < -0.39 is 28.3 Å². The second-order valence-corrected chi connectivity index (χ2v) is 13.8. The van der Waals surface area contributed by atoms with Gasteiger partial charge >= 0.3 is 0 Å². The van der Waals surface area contributed by atoms with Gasteiger partial charge in [0.25, 0.3) is 11.8 Å². The topological polar surface area (TPSA) is 125 Å². The Morgan fingerprint density at radius 3 is 2.33 bits per heavy atom. The average molecular weight is 623 g/mol. The van der Waals surface area contributed by atoms with Crippen LogP contribution in [0.1, 0.15) is 44.1 Å². The van der Waals surface area contributed by atoms with Gasteiger partial charge in [0, 0.05) is 39.0 Å². The number of aliphatic hydroxyl groups excluding tert-OH is 1. The summed E-state index contributed by atoms with van der Waals surface area (Å²) in [6.45, 7) is 3.29. The van der Waals surface area contributed by atoms with Gasteiger partial charge in [-0.25, -0.2) is 22.2 Å². The van der Waals surface area contributed by atoms with Crippen molar-refractivity contribution >= 4 is 38.8 Å². The molecule has 1 spiro atoms. The largest absolute Gasteiger partial charge is 0.414 e. The van der Waals surface area contributed by atoms with E-state index in [2.05, 4.69) is 24.8 Å². The summed E-state index contributed by atoms with van der Waals surface area (Å²) in [7, 11) is -3.72. The Morgan fingerprint density at radius 1 is 1.00 bits per heavy atom. The van der Waals surface area contributed by atoms with Crippen molar-refractivity contribution < 1.29 is 26.7 Å². The van der Waals surface area contributed by atoms with Crippen molar-refractivity contribution in [3.8, 4) is 23.0 Å². The van der Waals surface area contributed by atoms with Gasteiger partial charge in [0.2, 0.25) is 15.9 Å². The number of sulfonamides is 1. The molecule has 3 aliphatic rings. The first-order valence-corrected chi connectivity index (χ1v) is 16.1. The number of piperidine rings is 2. The summed E-state index contributed by atoms with van der Waals surface area (Å²) >= 11 is 6.61. The molecule has 0 amide bonds. The summed E-state index contributed by atoms with van der Waals surface area (Å²) in [5.41, 5.74) is 3.16. The maximum absolute atomic E-state index is 13.7. The summed E-state index contributed by atoms with van der Waals surface area (Å²) in [5, 5.41) is 18.0. The number of nitrogens with one attached hydrogen (secondary N) is 1. The molecule has 3 fully saturated rings. The fourth-order valence-corrected chi connectivity index (χ4v) is 6.73. The SMILES string of the molecule is Cc1cc(N2CCC(F)(F)CC2)nc(-c2nnc(-c3ccc(NS(=O)(=O)CCO)cc3N3CCC4(CC3)CC4)o2)c1Cl. The lowest BCUT2D eigenvalue weighted by Gasteiger charge is -2.35. The zero-order valence-corrected chi connectivity index (χ0v) is 24.8. The van der Waals surface area contributed by atoms with Crippen molar-refractivity contribution in [2.75, 3.05) is 53.1 Å². The molecule has 1 aliphatic carbocycles. The highest BCUT2D eigenvalue weighted by Gasteiger charge is 2.44. The van der Waals surface area contributed by atoms with Gasteiger partial charge in [0.05, 0.1) is 34.3 Å². The number of pyridine rings is 1. The van der Waals surface area contributed by atoms with Crippen molar-refractivity contribution in [2.24, 2.45) is 5.41 Å². The van der Waals surface area contributed by atoms with Crippen LogP contribution in [0.2, 0.25) is 5.02 Å². The van der Waals surface area contributed by atoms with E-state index in [0.717, 1.165) is 31.6 Å². The number of rotatable bonds is 8. The molecule has 6 rings (SSSR count).